The average Bonchev–Trinajstić information content (AvgIpc) is 3.49. The molecular weight excluding hydrogens is 1060 g/mol. The molecule has 3 fully saturated rings. The molecular formula is C63H107NO18. The highest BCUT2D eigenvalue weighted by Crippen LogP contribution is 2.33. The number of hydrogen-bond acceptors (Lipinski definition) is 18. The summed E-state index contributed by atoms with van der Waals surface area (Å²) in [5.74, 6) is -0.290. The zero-order valence-corrected chi connectivity index (χ0v) is 49.2. The number of ether oxygens (including phenoxy) is 6. The number of aliphatic hydroxyl groups excluding tert-OH is 11. The summed E-state index contributed by atoms with van der Waals surface area (Å²) >= 11 is 0. The van der Waals surface area contributed by atoms with Crippen molar-refractivity contribution in [1.82, 2.24) is 5.32 Å². The van der Waals surface area contributed by atoms with Gasteiger partial charge in [0.2, 0.25) is 5.91 Å². The maximum atomic E-state index is 13.2. The number of unbranched alkanes of at least 4 members (excludes halogenated alkanes) is 16. The van der Waals surface area contributed by atoms with Gasteiger partial charge in [0.15, 0.2) is 18.9 Å². The van der Waals surface area contributed by atoms with Crippen molar-refractivity contribution in [3.8, 4) is 0 Å². The summed E-state index contributed by atoms with van der Waals surface area (Å²) in [5.41, 5.74) is 0. The Bertz CT molecular complexity index is 1820. The van der Waals surface area contributed by atoms with E-state index in [1.807, 2.05) is 13.0 Å². The van der Waals surface area contributed by atoms with Gasteiger partial charge in [0.1, 0.15) is 73.2 Å². The molecule has 17 unspecified atom stereocenters. The fourth-order valence-electron chi connectivity index (χ4n) is 9.88. The second-order valence-electron chi connectivity index (χ2n) is 21.8. The Labute approximate surface area is 489 Å². The maximum Gasteiger partial charge on any atom is 0.220 e. The summed E-state index contributed by atoms with van der Waals surface area (Å²) in [6.07, 6.45) is 29.7. The van der Waals surface area contributed by atoms with Crippen LogP contribution in [0.4, 0.5) is 0 Å². The van der Waals surface area contributed by atoms with Crippen molar-refractivity contribution in [2.45, 2.75) is 279 Å². The summed E-state index contributed by atoms with van der Waals surface area (Å²) < 4.78 is 34.0. The van der Waals surface area contributed by atoms with Crippen LogP contribution in [0.15, 0.2) is 85.1 Å². The van der Waals surface area contributed by atoms with Gasteiger partial charge < -0.3 is 89.9 Å². The van der Waals surface area contributed by atoms with Crippen molar-refractivity contribution in [3.05, 3.63) is 85.1 Å². The van der Waals surface area contributed by atoms with Crippen molar-refractivity contribution >= 4 is 5.91 Å². The van der Waals surface area contributed by atoms with E-state index < -0.39 is 124 Å². The molecule has 1 amide bonds. The number of hydrogen-bond donors (Lipinski definition) is 12. The molecule has 0 bridgehead atoms. The van der Waals surface area contributed by atoms with E-state index >= 15 is 0 Å². The van der Waals surface area contributed by atoms with E-state index in [1.165, 1.54) is 64.2 Å². The number of allylic oxidation sites excluding steroid dienone is 13. The van der Waals surface area contributed by atoms with Crippen molar-refractivity contribution in [1.29, 1.82) is 0 Å². The zero-order valence-electron chi connectivity index (χ0n) is 49.2. The third-order valence-electron chi connectivity index (χ3n) is 14.9. The maximum absolute atomic E-state index is 13.2. The monoisotopic (exact) mass is 1170 g/mol. The summed E-state index contributed by atoms with van der Waals surface area (Å²) in [7, 11) is 0. The van der Waals surface area contributed by atoms with Crippen LogP contribution in [0.1, 0.15) is 174 Å². The predicted molar refractivity (Wildman–Crippen MR) is 314 cm³/mol. The summed E-state index contributed by atoms with van der Waals surface area (Å²) in [5, 5.41) is 119. The van der Waals surface area contributed by atoms with Gasteiger partial charge in [0, 0.05) is 6.42 Å². The lowest BCUT2D eigenvalue weighted by Crippen LogP contribution is -2.66. The molecule has 0 aromatic carbocycles. The number of nitrogens with one attached hydrogen (secondary N) is 1. The first-order valence-corrected chi connectivity index (χ1v) is 30.8. The highest BCUT2D eigenvalue weighted by atomic mass is 16.8. The Balaban J connectivity index is 1.29. The average molecular weight is 1170 g/mol. The molecule has 3 saturated heterocycles. The molecule has 19 heteroatoms. The molecule has 0 aromatic rings. The van der Waals surface area contributed by atoms with Gasteiger partial charge in [-0.15, -0.1) is 0 Å². The van der Waals surface area contributed by atoms with Crippen LogP contribution in [-0.4, -0.2) is 193 Å². The quantitative estimate of drug-likeness (QED) is 0.0247. The van der Waals surface area contributed by atoms with Crippen molar-refractivity contribution in [3.63, 3.8) is 0 Å². The predicted octanol–water partition coefficient (Wildman–Crippen LogP) is 5.98. The van der Waals surface area contributed by atoms with Gasteiger partial charge in [-0.3, -0.25) is 4.79 Å². The van der Waals surface area contributed by atoms with Crippen LogP contribution < -0.4 is 5.32 Å². The number of rotatable bonds is 44. The number of carbonyl (C=O) groups is 1. The molecule has 3 aliphatic rings. The summed E-state index contributed by atoms with van der Waals surface area (Å²) in [6.45, 7) is 1.41. The highest BCUT2D eigenvalue weighted by Gasteiger charge is 2.53. The lowest BCUT2D eigenvalue weighted by molar-refractivity contribution is -0.379. The molecule has 3 rings (SSSR count). The second-order valence-corrected chi connectivity index (χ2v) is 21.8. The third kappa shape index (κ3) is 28.4. The second kappa shape index (κ2) is 45.3. The Morgan fingerprint density at radius 3 is 1.30 bits per heavy atom. The molecule has 82 heavy (non-hydrogen) atoms. The van der Waals surface area contributed by atoms with Gasteiger partial charge in [-0.1, -0.05) is 189 Å². The van der Waals surface area contributed by atoms with Gasteiger partial charge in [-0.2, -0.15) is 0 Å². The van der Waals surface area contributed by atoms with E-state index in [4.69, 9.17) is 28.4 Å². The SMILES string of the molecule is CC/C=C\C/C=C\C/C=C\C/C=C\C/C=C\C/C=C\CCCCCCCCCCCCCCCCC(=O)NC(COC1OC(CO)C(OC2OC(CO)C(OC3OC(CO)C(O)C(O)C3O)C(O)C2O)C(O)C1O)C(O)/C=C/CCCC. The van der Waals surface area contributed by atoms with Crippen molar-refractivity contribution in [2.24, 2.45) is 0 Å². The molecule has 0 aliphatic carbocycles. The van der Waals surface area contributed by atoms with Gasteiger partial charge >= 0.3 is 0 Å². The fraction of sp³-hybridized carbons (Fsp3) is 0.762. The normalized spacial score (nSPS) is 30.2. The lowest BCUT2D eigenvalue weighted by atomic mass is 9.96. The molecule has 0 radical (unpaired) electrons. The largest absolute Gasteiger partial charge is 0.394 e. The van der Waals surface area contributed by atoms with E-state index in [2.05, 4.69) is 85.2 Å². The minimum atomic E-state index is -1.98. The fourth-order valence-corrected chi connectivity index (χ4v) is 9.88. The number of carbonyl (C=O) groups excluding carboxylic acids is 1. The van der Waals surface area contributed by atoms with Gasteiger partial charge in [-0.25, -0.2) is 0 Å². The van der Waals surface area contributed by atoms with E-state index in [0.29, 0.717) is 12.8 Å². The third-order valence-corrected chi connectivity index (χ3v) is 14.9. The summed E-state index contributed by atoms with van der Waals surface area (Å²) in [4.78, 5) is 13.2. The van der Waals surface area contributed by atoms with E-state index in [9.17, 15) is 61.0 Å². The first-order chi connectivity index (χ1) is 39.8. The minimum absolute atomic E-state index is 0.236. The number of aliphatic hydroxyl groups is 11. The standard InChI is InChI=1S/C63H107NO18/c1-3-5-7-9-10-11-12-13-14-15-16-17-18-19-20-21-22-23-24-25-26-27-28-29-30-31-32-33-34-35-36-37-39-41-51(69)64-46(47(68)40-38-8-6-4-2)45-77-61-57(75)54(72)59(49(43-66)79-61)82-63-58(76)55(73)60(50(44-67)80-63)81-62-56(74)53(71)52(70)48(42-65)78-62/h5,7,10-11,13-14,16-17,19-20,22-23,38,40,46-50,52-63,65-68,70-76H,3-4,6,8-9,12,15,18,21,24-37,39,41-45H2,1-2H3,(H,64,69)/b7-5-,11-10-,14-13-,17-16-,20-19-,23-22-,40-38+. The van der Waals surface area contributed by atoms with Gasteiger partial charge in [-0.05, 0) is 64.2 Å². The molecule has 19 nitrogen and oxygen atoms in total. The van der Waals surface area contributed by atoms with Crippen LogP contribution >= 0.6 is 0 Å². The van der Waals surface area contributed by atoms with Crippen LogP contribution in [0.2, 0.25) is 0 Å². The lowest BCUT2D eigenvalue weighted by Gasteiger charge is -2.48. The van der Waals surface area contributed by atoms with Crippen molar-refractivity contribution < 1.29 is 89.4 Å². The zero-order chi connectivity index (χ0) is 59.7. The van der Waals surface area contributed by atoms with Crippen molar-refractivity contribution in [2.75, 3.05) is 26.4 Å². The first kappa shape index (κ1) is 73.2. The van der Waals surface area contributed by atoms with E-state index in [-0.39, 0.29) is 18.9 Å². The summed E-state index contributed by atoms with van der Waals surface area (Å²) in [6, 6.07) is -0.972. The van der Waals surface area contributed by atoms with Crippen LogP contribution in [-0.2, 0) is 33.2 Å². The highest BCUT2D eigenvalue weighted by molar-refractivity contribution is 5.76. The van der Waals surface area contributed by atoms with Gasteiger partial charge in [0.25, 0.3) is 0 Å². The Hall–Kier alpha value is -3.03. The molecule has 17 atom stereocenters. The molecule has 0 spiro atoms. The molecule has 0 saturated carbocycles. The number of amides is 1. The Morgan fingerprint density at radius 2 is 0.841 bits per heavy atom. The molecule has 3 aliphatic heterocycles. The Morgan fingerprint density at radius 1 is 0.451 bits per heavy atom. The van der Waals surface area contributed by atoms with Crippen LogP contribution in [0.5, 0.6) is 0 Å². The van der Waals surface area contributed by atoms with Crippen LogP contribution in [0.25, 0.3) is 0 Å². The van der Waals surface area contributed by atoms with Gasteiger partial charge in [0.05, 0.1) is 38.6 Å². The molecule has 0 aromatic heterocycles. The smallest absolute Gasteiger partial charge is 0.220 e. The van der Waals surface area contributed by atoms with Crippen LogP contribution in [0, 0.1) is 0 Å². The molecule has 472 valence electrons. The minimum Gasteiger partial charge on any atom is -0.394 e. The first-order valence-electron chi connectivity index (χ1n) is 30.8. The Kier molecular flexibility index (Phi) is 40.5. The van der Waals surface area contributed by atoms with Crippen LogP contribution in [0.3, 0.4) is 0 Å². The van der Waals surface area contributed by atoms with E-state index in [1.54, 1.807) is 6.08 Å². The molecule has 3 heterocycles. The molecule has 12 N–H and O–H groups in total. The topological polar surface area (TPSA) is 307 Å². The van der Waals surface area contributed by atoms with E-state index in [0.717, 1.165) is 77.0 Å².